The van der Waals surface area contributed by atoms with Crippen LogP contribution in [-0.4, -0.2) is 17.4 Å². The Kier molecular flexibility index (Phi) is 6.73. The number of halogens is 3. The van der Waals surface area contributed by atoms with E-state index in [0.29, 0.717) is 23.6 Å². The predicted octanol–water partition coefficient (Wildman–Crippen LogP) is 4.32. The molecule has 0 atom stereocenters. The SMILES string of the molecule is Fc1ccc(NC(=S)NCCSCc2ccccc2F)c(F)c1. The average Bonchev–Trinajstić information content (AvgIpc) is 2.51. The van der Waals surface area contributed by atoms with Gasteiger partial charge in [-0.2, -0.15) is 11.8 Å². The lowest BCUT2D eigenvalue weighted by atomic mass is 10.2. The van der Waals surface area contributed by atoms with Crippen LogP contribution in [0.15, 0.2) is 42.5 Å². The Bertz CT molecular complexity index is 680. The van der Waals surface area contributed by atoms with Crippen molar-refractivity contribution >= 4 is 34.8 Å². The Labute approximate surface area is 142 Å². The quantitative estimate of drug-likeness (QED) is 0.594. The molecule has 122 valence electrons. The van der Waals surface area contributed by atoms with Crippen LogP contribution in [0.2, 0.25) is 0 Å². The molecular formula is C16H15F3N2S2. The van der Waals surface area contributed by atoms with Crippen molar-refractivity contribution < 1.29 is 13.2 Å². The van der Waals surface area contributed by atoms with E-state index in [1.807, 2.05) is 0 Å². The van der Waals surface area contributed by atoms with Crippen LogP contribution >= 0.6 is 24.0 Å². The maximum absolute atomic E-state index is 13.4. The summed E-state index contributed by atoms with van der Waals surface area (Å²) in [5, 5.41) is 5.84. The molecular weight excluding hydrogens is 341 g/mol. The molecule has 0 saturated heterocycles. The standard InChI is InChI=1S/C16H15F3N2S2/c17-12-5-6-15(14(19)9-12)21-16(22)20-7-8-23-10-11-3-1-2-4-13(11)18/h1-6,9H,7-8,10H2,(H2,20,21,22). The summed E-state index contributed by atoms with van der Waals surface area (Å²) >= 11 is 6.60. The van der Waals surface area contributed by atoms with Crippen molar-refractivity contribution in [3.8, 4) is 0 Å². The van der Waals surface area contributed by atoms with Gasteiger partial charge in [-0.25, -0.2) is 13.2 Å². The molecule has 0 heterocycles. The lowest BCUT2D eigenvalue weighted by Crippen LogP contribution is -2.30. The van der Waals surface area contributed by atoms with Crippen molar-refractivity contribution in [2.45, 2.75) is 5.75 Å². The van der Waals surface area contributed by atoms with Crippen LogP contribution in [0.1, 0.15) is 5.56 Å². The molecule has 2 aromatic rings. The van der Waals surface area contributed by atoms with Gasteiger partial charge in [0.25, 0.3) is 0 Å². The molecule has 7 heteroatoms. The number of anilines is 1. The van der Waals surface area contributed by atoms with E-state index in [4.69, 9.17) is 12.2 Å². The van der Waals surface area contributed by atoms with Crippen LogP contribution < -0.4 is 10.6 Å². The van der Waals surface area contributed by atoms with Gasteiger partial charge in [0.05, 0.1) is 5.69 Å². The molecule has 0 spiro atoms. The lowest BCUT2D eigenvalue weighted by molar-refractivity contribution is 0.586. The lowest BCUT2D eigenvalue weighted by Gasteiger charge is -2.11. The van der Waals surface area contributed by atoms with Gasteiger partial charge < -0.3 is 10.6 Å². The third-order valence-electron chi connectivity index (χ3n) is 2.93. The molecule has 0 unspecified atom stereocenters. The van der Waals surface area contributed by atoms with Crippen LogP contribution in [0, 0.1) is 17.5 Å². The van der Waals surface area contributed by atoms with Crippen molar-refractivity contribution in [2.75, 3.05) is 17.6 Å². The summed E-state index contributed by atoms with van der Waals surface area (Å²) in [4.78, 5) is 0. The largest absolute Gasteiger partial charge is 0.362 e. The van der Waals surface area contributed by atoms with Gasteiger partial charge in [-0.3, -0.25) is 0 Å². The highest BCUT2D eigenvalue weighted by molar-refractivity contribution is 7.98. The van der Waals surface area contributed by atoms with Crippen LogP contribution in [-0.2, 0) is 5.75 Å². The third kappa shape index (κ3) is 5.76. The minimum atomic E-state index is -0.705. The molecule has 2 nitrogen and oxygen atoms in total. The molecule has 0 aliphatic carbocycles. The Morgan fingerprint density at radius 3 is 2.57 bits per heavy atom. The molecule has 2 N–H and O–H groups in total. The first-order valence-corrected chi connectivity index (χ1v) is 8.43. The summed E-state index contributed by atoms with van der Waals surface area (Å²) in [6.45, 7) is 0.549. The van der Waals surface area contributed by atoms with Crippen LogP contribution in [0.25, 0.3) is 0 Å². The minimum Gasteiger partial charge on any atom is -0.362 e. The number of thiocarbonyl (C=S) groups is 1. The molecule has 0 aliphatic heterocycles. The highest BCUT2D eigenvalue weighted by Gasteiger charge is 2.05. The fourth-order valence-electron chi connectivity index (χ4n) is 1.79. The molecule has 0 aromatic heterocycles. The zero-order chi connectivity index (χ0) is 16.7. The average molecular weight is 356 g/mol. The van der Waals surface area contributed by atoms with Crippen molar-refractivity contribution in [1.29, 1.82) is 0 Å². The number of hydrogen-bond acceptors (Lipinski definition) is 2. The Morgan fingerprint density at radius 1 is 1.04 bits per heavy atom. The fourth-order valence-corrected chi connectivity index (χ4v) is 2.85. The second kappa shape index (κ2) is 8.79. The van der Waals surface area contributed by atoms with Crippen molar-refractivity contribution in [3.63, 3.8) is 0 Å². The number of hydrogen-bond donors (Lipinski definition) is 2. The van der Waals surface area contributed by atoms with E-state index >= 15 is 0 Å². The molecule has 2 rings (SSSR count). The Hall–Kier alpha value is -1.73. The van der Waals surface area contributed by atoms with E-state index in [-0.39, 0.29) is 16.6 Å². The molecule has 23 heavy (non-hydrogen) atoms. The summed E-state index contributed by atoms with van der Waals surface area (Å²) in [6.07, 6.45) is 0. The van der Waals surface area contributed by atoms with Gasteiger partial charge in [-0.15, -0.1) is 0 Å². The van der Waals surface area contributed by atoms with Crippen molar-refractivity contribution in [3.05, 3.63) is 65.5 Å². The summed E-state index contributed by atoms with van der Waals surface area (Å²) in [5.41, 5.74) is 0.773. The topological polar surface area (TPSA) is 24.1 Å². The summed E-state index contributed by atoms with van der Waals surface area (Å²) < 4.78 is 39.7. The van der Waals surface area contributed by atoms with E-state index in [1.165, 1.54) is 12.1 Å². The molecule has 0 aliphatic rings. The highest BCUT2D eigenvalue weighted by atomic mass is 32.2. The smallest absolute Gasteiger partial charge is 0.170 e. The fraction of sp³-hybridized carbons (Fsp3) is 0.188. The predicted molar refractivity (Wildman–Crippen MR) is 93.1 cm³/mol. The summed E-state index contributed by atoms with van der Waals surface area (Å²) in [5.74, 6) is -0.278. The van der Waals surface area contributed by atoms with Crippen LogP contribution in [0.3, 0.4) is 0 Å². The maximum atomic E-state index is 13.4. The second-order valence-electron chi connectivity index (χ2n) is 4.65. The van der Waals surface area contributed by atoms with Gasteiger partial charge in [-0.1, -0.05) is 18.2 Å². The third-order valence-corrected chi connectivity index (χ3v) is 4.18. The van der Waals surface area contributed by atoms with Gasteiger partial charge >= 0.3 is 0 Å². The van der Waals surface area contributed by atoms with Gasteiger partial charge in [0.15, 0.2) is 5.11 Å². The maximum Gasteiger partial charge on any atom is 0.170 e. The second-order valence-corrected chi connectivity index (χ2v) is 6.16. The normalized spacial score (nSPS) is 10.4. The van der Waals surface area contributed by atoms with Gasteiger partial charge in [-0.05, 0) is 36.0 Å². The van der Waals surface area contributed by atoms with Crippen LogP contribution in [0.4, 0.5) is 18.9 Å². The van der Waals surface area contributed by atoms with Crippen molar-refractivity contribution in [2.24, 2.45) is 0 Å². The van der Waals surface area contributed by atoms with E-state index in [9.17, 15) is 13.2 Å². The highest BCUT2D eigenvalue weighted by Crippen LogP contribution is 2.16. The Morgan fingerprint density at radius 2 is 1.83 bits per heavy atom. The van der Waals surface area contributed by atoms with E-state index in [0.717, 1.165) is 12.1 Å². The van der Waals surface area contributed by atoms with Gasteiger partial charge in [0.2, 0.25) is 0 Å². The Balaban J connectivity index is 1.68. The number of rotatable bonds is 6. The van der Waals surface area contributed by atoms with Crippen molar-refractivity contribution in [1.82, 2.24) is 5.32 Å². The molecule has 2 aromatic carbocycles. The first-order valence-electron chi connectivity index (χ1n) is 6.87. The number of thioether (sulfide) groups is 1. The van der Waals surface area contributed by atoms with Gasteiger partial charge in [0.1, 0.15) is 17.5 Å². The number of benzene rings is 2. The summed E-state index contributed by atoms with van der Waals surface area (Å²) in [7, 11) is 0. The molecule has 0 radical (unpaired) electrons. The number of nitrogens with one attached hydrogen (secondary N) is 2. The first kappa shape index (κ1) is 17.6. The van der Waals surface area contributed by atoms with E-state index in [2.05, 4.69) is 10.6 Å². The molecule has 0 bridgehead atoms. The zero-order valence-electron chi connectivity index (χ0n) is 12.1. The van der Waals surface area contributed by atoms with E-state index < -0.39 is 11.6 Å². The molecule has 0 saturated carbocycles. The zero-order valence-corrected chi connectivity index (χ0v) is 13.7. The monoisotopic (exact) mass is 356 g/mol. The molecule has 0 amide bonds. The first-order chi connectivity index (χ1) is 11.1. The molecule has 0 fully saturated rings. The summed E-state index contributed by atoms with van der Waals surface area (Å²) in [6, 6.07) is 9.86. The van der Waals surface area contributed by atoms with E-state index in [1.54, 1.807) is 30.0 Å². The van der Waals surface area contributed by atoms with Crippen LogP contribution in [0.5, 0.6) is 0 Å². The minimum absolute atomic E-state index is 0.114. The van der Waals surface area contributed by atoms with Gasteiger partial charge in [0, 0.05) is 24.1 Å².